The second-order valence-corrected chi connectivity index (χ2v) is 5.56. The van der Waals surface area contributed by atoms with Crippen LogP contribution in [-0.2, 0) is 4.74 Å². The van der Waals surface area contributed by atoms with Crippen LogP contribution < -0.4 is 0 Å². The fourth-order valence-corrected chi connectivity index (χ4v) is 2.91. The van der Waals surface area contributed by atoms with Crippen molar-refractivity contribution >= 4 is 22.3 Å². The van der Waals surface area contributed by atoms with E-state index in [1.807, 2.05) is 37.3 Å². The summed E-state index contributed by atoms with van der Waals surface area (Å²) < 4.78 is 6.30. The van der Waals surface area contributed by atoms with Crippen molar-refractivity contribution in [1.82, 2.24) is 14.6 Å². The van der Waals surface area contributed by atoms with Crippen LogP contribution in [0.5, 0.6) is 0 Å². The van der Waals surface area contributed by atoms with Gasteiger partial charge in [0.1, 0.15) is 11.1 Å². The number of aryl methyl sites for hydroxylation is 1. The third kappa shape index (κ3) is 2.34. The van der Waals surface area contributed by atoms with E-state index in [2.05, 4.69) is 10.1 Å². The van der Waals surface area contributed by atoms with E-state index in [1.165, 1.54) is 15.9 Å². The number of fused-ring (bicyclic) bond motifs is 1. The van der Waals surface area contributed by atoms with Crippen molar-refractivity contribution in [3.05, 3.63) is 41.2 Å². The molecule has 0 unspecified atom stereocenters. The molecule has 0 radical (unpaired) electrons. The van der Waals surface area contributed by atoms with Gasteiger partial charge in [-0.2, -0.15) is 14.9 Å². The average molecular weight is 312 g/mol. The zero-order valence-electron chi connectivity index (χ0n) is 12.0. The number of nitriles is 1. The number of hydrogen-bond donors (Lipinski definition) is 0. The number of benzene rings is 1. The third-order valence-electron chi connectivity index (χ3n) is 3.08. The van der Waals surface area contributed by atoms with Crippen LogP contribution in [0.15, 0.2) is 24.3 Å². The lowest BCUT2D eigenvalue weighted by molar-refractivity contribution is 0.0520. The number of carbonyl (C=O) groups excluding carboxylic acids is 1. The van der Waals surface area contributed by atoms with Crippen molar-refractivity contribution in [3.63, 3.8) is 0 Å². The topological polar surface area (TPSA) is 80.3 Å². The first-order chi connectivity index (χ1) is 10.6. The van der Waals surface area contributed by atoms with E-state index in [-0.39, 0.29) is 18.0 Å². The predicted octanol–water partition coefficient (Wildman–Crippen LogP) is 2.81. The van der Waals surface area contributed by atoms with Crippen molar-refractivity contribution in [2.45, 2.75) is 13.8 Å². The molecule has 2 heterocycles. The Morgan fingerprint density at radius 1 is 1.41 bits per heavy atom. The summed E-state index contributed by atoms with van der Waals surface area (Å²) in [4.78, 5) is 16.5. The minimum absolute atomic E-state index is 0.0126. The number of nitrogens with zero attached hydrogens (tertiary/aromatic N) is 4. The molecule has 0 aliphatic carbocycles. The summed E-state index contributed by atoms with van der Waals surface area (Å²) in [5, 5.41) is 14.4. The Balaban J connectivity index is 2.08. The van der Waals surface area contributed by atoms with Crippen molar-refractivity contribution in [1.29, 1.82) is 5.26 Å². The smallest absolute Gasteiger partial charge is 0.360 e. The Morgan fingerprint density at radius 2 is 2.14 bits per heavy atom. The highest BCUT2D eigenvalue weighted by Crippen LogP contribution is 2.27. The molecule has 22 heavy (non-hydrogen) atoms. The van der Waals surface area contributed by atoms with Crippen LogP contribution >= 0.6 is 11.3 Å². The van der Waals surface area contributed by atoms with Crippen molar-refractivity contribution in [2.75, 3.05) is 6.61 Å². The van der Waals surface area contributed by atoms with Gasteiger partial charge in [-0.05, 0) is 13.8 Å². The van der Waals surface area contributed by atoms with Gasteiger partial charge in [0.25, 0.3) is 0 Å². The maximum atomic E-state index is 11.8. The number of imidazole rings is 1. The van der Waals surface area contributed by atoms with Crippen molar-refractivity contribution < 1.29 is 9.53 Å². The summed E-state index contributed by atoms with van der Waals surface area (Å²) in [5.41, 5.74) is 2.22. The molecule has 0 bridgehead atoms. The van der Waals surface area contributed by atoms with E-state index in [9.17, 15) is 10.1 Å². The van der Waals surface area contributed by atoms with Gasteiger partial charge in [-0.3, -0.25) is 0 Å². The van der Waals surface area contributed by atoms with E-state index in [4.69, 9.17) is 4.74 Å². The summed E-state index contributed by atoms with van der Waals surface area (Å²) in [7, 11) is 0. The van der Waals surface area contributed by atoms with Crippen LogP contribution in [-0.4, -0.2) is 27.2 Å². The van der Waals surface area contributed by atoms with Gasteiger partial charge in [-0.1, -0.05) is 41.2 Å². The molecule has 0 N–H and O–H groups in total. The Bertz CT molecular complexity index is 887. The van der Waals surface area contributed by atoms with Crippen LogP contribution in [0.3, 0.4) is 0 Å². The highest BCUT2D eigenvalue weighted by atomic mass is 32.1. The van der Waals surface area contributed by atoms with Gasteiger partial charge < -0.3 is 4.74 Å². The molecule has 0 spiro atoms. The number of esters is 1. The Labute approximate surface area is 130 Å². The van der Waals surface area contributed by atoms with Crippen LogP contribution in [0.25, 0.3) is 15.5 Å². The highest BCUT2D eigenvalue weighted by Gasteiger charge is 2.23. The van der Waals surface area contributed by atoms with Gasteiger partial charge in [-0.25, -0.2) is 9.78 Å². The molecule has 0 aliphatic heterocycles. The molecule has 0 fully saturated rings. The molecule has 0 amide bonds. The van der Waals surface area contributed by atoms with Crippen LogP contribution in [0.2, 0.25) is 0 Å². The number of ether oxygens (including phenoxy) is 1. The van der Waals surface area contributed by atoms with E-state index >= 15 is 0 Å². The summed E-state index contributed by atoms with van der Waals surface area (Å²) in [5.74, 6) is -0.603. The van der Waals surface area contributed by atoms with Gasteiger partial charge in [-0.15, -0.1) is 0 Å². The molecule has 110 valence electrons. The molecule has 7 heteroatoms. The minimum Gasteiger partial charge on any atom is -0.461 e. The summed E-state index contributed by atoms with van der Waals surface area (Å²) in [6.07, 6.45) is 0. The molecule has 0 saturated carbocycles. The quantitative estimate of drug-likeness (QED) is 0.695. The molecular formula is C15H12N4O2S. The van der Waals surface area contributed by atoms with Crippen LogP contribution in [0.1, 0.15) is 28.7 Å². The fourth-order valence-electron chi connectivity index (χ4n) is 2.00. The molecule has 0 aliphatic rings. The summed E-state index contributed by atoms with van der Waals surface area (Å²) in [6, 6.07) is 9.89. The second kappa shape index (κ2) is 5.58. The molecule has 1 aromatic carbocycles. The zero-order chi connectivity index (χ0) is 15.7. The number of carbonyl (C=O) groups is 1. The van der Waals surface area contributed by atoms with E-state index in [0.717, 1.165) is 16.1 Å². The van der Waals surface area contributed by atoms with Crippen molar-refractivity contribution in [2.24, 2.45) is 0 Å². The Kier molecular flexibility index (Phi) is 3.61. The highest BCUT2D eigenvalue weighted by molar-refractivity contribution is 7.19. The van der Waals surface area contributed by atoms with Crippen LogP contribution in [0.4, 0.5) is 0 Å². The molecule has 2 aromatic heterocycles. The lowest BCUT2D eigenvalue weighted by Gasteiger charge is -1.98. The summed E-state index contributed by atoms with van der Waals surface area (Å²) in [6.45, 7) is 3.95. The number of aromatic nitrogens is 3. The normalized spacial score (nSPS) is 10.6. The van der Waals surface area contributed by atoms with Crippen LogP contribution in [0, 0.1) is 18.3 Å². The standard InChI is InChI=1S/C15H12N4O2S/c1-3-21-14(20)12-11(8-16)19-15(17-12)22-13(18-19)10-6-4-9(2)5-7-10/h4-7H,3H2,1-2H3. The zero-order valence-corrected chi connectivity index (χ0v) is 12.8. The van der Waals surface area contributed by atoms with E-state index < -0.39 is 5.97 Å². The largest absolute Gasteiger partial charge is 0.461 e. The maximum absolute atomic E-state index is 11.8. The molecule has 3 rings (SSSR count). The lowest BCUT2D eigenvalue weighted by atomic mass is 10.2. The first-order valence-electron chi connectivity index (χ1n) is 6.68. The van der Waals surface area contributed by atoms with E-state index in [0.29, 0.717) is 4.96 Å². The molecule has 0 saturated heterocycles. The first kappa shape index (κ1) is 14.2. The van der Waals surface area contributed by atoms with Gasteiger partial charge in [0.15, 0.2) is 11.4 Å². The predicted molar refractivity (Wildman–Crippen MR) is 81.7 cm³/mol. The monoisotopic (exact) mass is 312 g/mol. The average Bonchev–Trinajstić information content (AvgIpc) is 3.05. The summed E-state index contributed by atoms with van der Waals surface area (Å²) >= 11 is 1.32. The van der Waals surface area contributed by atoms with Gasteiger partial charge in [0, 0.05) is 5.56 Å². The first-order valence-corrected chi connectivity index (χ1v) is 7.49. The Morgan fingerprint density at radius 3 is 2.77 bits per heavy atom. The molecular weight excluding hydrogens is 300 g/mol. The number of rotatable bonds is 3. The van der Waals surface area contributed by atoms with E-state index in [1.54, 1.807) is 6.92 Å². The molecule has 0 atom stereocenters. The molecule has 3 aromatic rings. The van der Waals surface area contributed by atoms with Gasteiger partial charge >= 0.3 is 5.97 Å². The second-order valence-electron chi connectivity index (χ2n) is 4.61. The lowest BCUT2D eigenvalue weighted by Crippen LogP contribution is -2.07. The minimum atomic E-state index is -0.603. The SMILES string of the molecule is CCOC(=O)c1nc2sc(-c3ccc(C)cc3)nn2c1C#N. The maximum Gasteiger partial charge on any atom is 0.360 e. The molecule has 6 nitrogen and oxygen atoms in total. The third-order valence-corrected chi connectivity index (χ3v) is 4.03. The van der Waals surface area contributed by atoms with Gasteiger partial charge in [0.05, 0.1) is 6.61 Å². The van der Waals surface area contributed by atoms with Gasteiger partial charge in [0.2, 0.25) is 4.96 Å². The fraction of sp³-hybridized carbons (Fsp3) is 0.200. The number of hydrogen-bond acceptors (Lipinski definition) is 6. The van der Waals surface area contributed by atoms with Crippen molar-refractivity contribution in [3.8, 4) is 16.6 Å². The Hall–Kier alpha value is -2.72.